The van der Waals surface area contributed by atoms with Crippen molar-refractivity contribution in [2.24, 2.45) is 5.92 Å². The van der Waals surface area contributed by atoms with E-state index in [2.05, 4.69) is 24.1 Å². The summed E-state index contributed by atoms with van der Waals surface area (Å²) < 4.78 is 0.767. The van der Waals surface area contributed by atoms with Crippen LogP contribution in [0.2, 0.25) is 0 Å². The molecule has 0 aliphatic carbocycles. The maximum atomic E-state index is 4.98. The van der Waals surface area contributed by atoms with Crippen LogP contribution in [-0.2, 0) is 0 Å². The van der Waals surface area contributed by atoms with Crippen LogP contribution in [0.1, 0.15) is 13.8 Å². The van der Waals surface area contributed by atoms with Gasteiger partial charge >= 0.3 is 0 Å². The van der Waals surface area contributed by atoms with Gasteiger partial charge in [-0.1, -0.05) is 32.1 Å². The number of anilines is 1. The summed E-state index contributed by atoms with van der Waals surface area (Å²) in [5, 5.41) is 3.26. The summed E-state index contributed by atoms with van der Waals surface area (Å²) >= 11 is 4.98. The molecular formula is C9H14N2S. The fraction of sp³-hybridized carbons (Fsp3) is 0.444. The maximum Gasteiger partial charge on any atom is 0.104 e. The first-order chi connectivity index (χ1) is 5.68. The number of hydrogen-bond acceptors (Lipinski definition) is 2. The highest BCUT2D eigenvalue weighted by molar-refractivity contribution is 7.71. The summed E-state index contributed by atoms with van der Waals surface area (Å²) in [6.07, 6.45) is 0. The first-order valence-electron chi connectivity index (χ1n) is 4.11. The molecule has 0 spiro atoms. The molecule has 66 valence electrons. The Hall–Kier alpha value is -0.830. The number of aromatic nitrogens is 1. The van der Waals surface area contributed by atoms with E-state index in [9.17, 15) is 0 Å². The Bertz CT molecular complexity index is 291. The van der Waals surface area contributed by atoms with E-state index in [-0.39, 0.29) is 0 Å². The molecule has 12 heavy (non-hydrogen) atoms. The van der Waals surface area contributed by atoms with E-state index < -0.39 is 0 Å². The van der Waals surface area contributed by atoms with Crippen LogP contribution in [0, 0.1) is 10.6 Å². The summed E-state index contributed by atoms with van der Waals surface area (Å²) in [5.41, 5.74) is 0. The minimum atomic E-state index is 0.646. The minimum absolute atomic E-state index is 0.646. The topological polar surface area (TPSA) is 27.8 Å². The number of rotatable bonds is 3. The molecule has 1 rings (SSSR count). The molecule has 2 nitrogen and oxygen atoms in total. The van der Waals surface area contributed by atoms with Gasteiger partial charge in [-0.3, -0.25) is 0 Å². The van der Waals surface area contributed by atoms with Crippen LogP contribution in [0.15, 0.2) is 18.2 Å². The van der Waals surface area contributed by atoms with Crippen LogP contribution in [0.25, 0.3) is 0 Å². The number of aromatic amines is 1. The normalized spacial score (nSPS) is 10.2. The average Bonchev–Trinajstić information content (AvgIpc) is 2.01. The zero-order chi connectivity index (χ0) is 8.97. The van der Waals surface area contributed by atoms with Gasteiger partial charge in [-0.05, 0) is 18.1 Å². The monoisotopic (exact) mass is 182 g/mol. The first-order valence-corrected chi connectivity index (χ1v) is 4.52. The fourth-order valence-corrected chi connectivity index (χ4v) is 1.05. The molecule has 0 amide bonds. The van der Waals surface area contributed by atoms with Crippen molar-refractivity contribution in [3.05, 3.63) is 22.8 Å². The lowest BCUT2D eigenvalue weighted by molar-refractivity contribution is 0.687. The molecule has 0 unspecified atom stereocenters. The van der Waals surface area contributed by atoms with E-state index in [0.717, 1.165) is 17.0 Å². The Kier molecular flexibility index (Phi) is 3.29. The predicted molar refractivity (Wildman–Crippen MR) is 55.0 cm³/mol. The first kappa shape index (κ1) is 9.26. The molecule has 1 aromatic heterocycles. The third-order valence-corrected chi connectivity index (χ3v) is 1.71. The lowest BCUT2D eigenvalue weighted by Gasteiger charge is -2.07. The van der Waals surface area contributed by atoms with Crippen molar-refractivity contribution in [2.75, 3.05) is 11.9 Å². The van der Waals surface area contributed by atoms with Crippen LogP contribution < -0.4 is 5.32 Å². The molecule has 0 aromatic carbocycles. The summed E-state index contributed by atoms with van der Waals surface area (Å²) in [7, 11) is 0. The Morgan fingerprint density at radius 3 is 2.83 bits per heavy atom. The van der Waals surface area contributed by atoms with Crippen LogP contribution in [0.4, 0.5) is 5.82 Å². The van der Waals surface area contributed by atoms with Gasteiger partial charge in [0.25, 0.3) is 0 Å². The Balaban J connectivity index is 2.58. The standard InChI is InChI=1S/C9H14N2S/c1-7(2)6-10-8-4-3-5-9(12)11-8/h3-5,7H,6H2,1-2H3,(H2,10,11,12). The van der Waals surface area contributed by atoms with Gasteiger partial charge in [0.1, 0.15) is 10.5 Å². The molecule has 0 fully saturated rings. The van der Waals surface area contributed by atoms with Gasteiger partial charge in [-0.25, -0.2) is 0 Å². The second-order valence-corrected chi connectivity index (χ2v) is 3.64. The van der Waals surface area contributed by atoms with Crippen molar-refractivity contribution >= 4 is 18.0 Å². The van der Waals surface area contributed by atoms with Gasteiger partial charge in [-0.2, -0.15) is 0 Å². The number of H-pyrrole nitrogens is 1. The highest BCUT2D eigenvalue weighted by atomic mass is 32.1. The summed E-state index contributed by atoms with van der Waals surface area (Å²) in [6.45, 7) is 5.31. The molecule has 0 bridgehead atoms. The molecule has 1 aromatic rings. The smallest absolute Gasteiger partial charge is 0.104 e. The molecular weight excluding hydrogens is 168 g/mol. The van der Waals surface area contributed by atoms with Gasteiger partial charge in [0.2, 0.25) is 0 Å². The Labute approximate surface area is 78.0 Å². The van der Waals surface area contributed by atoms with Crippen molar-refractivity contribution in [3.8, 4) is 0 Å². The van der Waals surface area contributed by atoms with Crippen LogP contribution in [0.5, 0.6) is 0 Å². The van der Waals surface area contributed by atoms with E-state index in [4.69, 9.17) is 12.2 Å². The summed E-state index contributed by atoms with van der Waals surface area (Å²) in [5.74, 6) is 1.64. The SMILES string of the molecule is CC(C)CNc1cccc(=S)[nH]1. The second kappa shape index (κ2) is 4.26. The quantitative estimate of drug-likeness (QED) is 0.703. The molecule has 0 radical (unpaired) electrons. The molecule has 0 saturated carbocycles. The van der Waals surface area contributed by atoms with Gasteiger partial charge in [0.15, 0.2) is 0 Å². The molecule has 2 N–H and O–H groups in total. The van der Waals surface area contributed by atoms with E-state index in [1.54, 1.807) is 0 Å². The fourth-order valence-electron chi connectivity index (χ4n) is 0.865. The molecule has 3 heteroatoms. The summed E-state index contributed by atoms with van der Waals surface area (Å²) in [6, 6.07) is 5.80. The van der Waals surface area contributed by atoms with Gasteiger partial charge in [0.05, 0.1) is 0 Å². The Morgan fingerprint density at radius 1 is 1.50 bits per heavy atom. The third-order valence-electron chi connectivity index (χ3n) is 1.47. The molecule has 0 aliphatic heterocycles. The van der Waals surface area contributed by atoms with Crippen molar-refractivity contribution in [3.63, 3.8) is 0 Å². The van der Waals surface area contributed by atoms with Gasteiger partial charge in [0, 0.05) is 6.54 Å². The zero-order valence-electron chi connectivity index (χ0n) is 7.42. The average molecular weight is 182 g/mol. The maximum absolute atomic E-state index is 4.98. The summed E-state index contributed by atoms with van der Waals surface area (Å²) in [4.78, 5) is 3.07. The molecule has 0 aliphatic rings. The largest absolute Gasteiger partial charge is 0.371 e. The van der Waals surface area contributed by atoms with Crippen molar-refractivity contribution in [2.45, 2.75) is 13.8 Å². The van der Waals surface area contributed by atoms with Gasteiger partial charge in [-0.15, -0.1) is 0 Å². The number of hydrogen-bond donors (Lipinski definition) is 2. The lowest BCUT2D eigenvalue weighted by Crippen LogP contribution is -2.08. The van der Waals surface area contributed by atoms with E-state index >= 15 is 0 Å². The van der Waals surface area contributed by atoms with Crippen LogP contribution >= 0.6 is 12.2 Å². The number of nitrogens with one attached hydrogen (secondary N) is 2. The highest BCUT2D eigenvalue weighted by Crippen LogP contribution is 2.02. The minimum Gasteiger partial charge on any atom is -0.371 e. The predicted octanol–water partition coefficient (Wildman–Crippen LogP) is 2.81. The van der Waals surface area contributed by atoms with Gasteiger partial charge < -0.3 is 10.3 Å². The highest BCUT2D eigenvalue weighted by Gasteiger charge is 1.93. The van der Waals surface area contributed by atoms with E-state index in [0.29, 0.717) is 5.92 Å². The second-order valence-electron chi connectivity index (χ2n) is 3.20. The molecule has 1 heterocycles. The van der Waals surface area contributed by atoms with E-state index in [1.807, 2.05) is 18.2 Å². The van der Waals surface area contributed by atoms with Crippen molar-refractivity contribution in [1.82, 2.24) is 4.98 Å². The Morgan fingerprint density at radius 2 is 2.25 bits per heavy atom. The third kappa shape index (κ3) is 3.05. The zero-order valence-corrected chi connectivity index (χ0v) is 8.24. The van der Waals surface area contributed by atoms with E-state index in [1.165, 1.54) is 0 Å². The van der Waals surface area contributed by atoms with Crippen LogP contribution in [-0.4, -0.2) is 11.5 Å². The molecule has 0 atom stereocenters. The number of pyridine rings is 1. The molecule has 0 saturated heterocycles. The van der Waals surface area contributed by atoms with Crippen LogP contribution in [0.3, 0.4) is 0 Å². The lowest BCUT2D eigenvalue weighted by atomic mass is 10.2. The van der Waals surface area contributed by atoms with Crippen molar-refractivity contribution in [1.29, 1.82) is 0 Å². The van der Waals surface area contributed by atoms with Crippen molar-refractivity contribution < 1.29 is 0 Å².